The van der Waals surface area contributed by atoms with Crippen molar-refractivity contribution in [1.82, 2.24) is 0 Å². The molecular weight excluding hydrogens is 326 g/mol. The van der Waals surface area contributed by atoms with Crippen LogP contribution in [0.1, 0.15) is 53.4 Å². The van der Waals surface area contributed by atoms with Gasteiger partial charge in [0.1, 0.15) is 6.61 Å². The molecule has 1 N–H and O–H groups in total. The summed E-state index contributed by atoms with van der Waals surface area (Å²) < 4.78 is 5.54. The highest BCUT2D eigenvalue weighted by Gasteiger charge is 1.97. The summed E-state index contributed by atoms with van der Waals surface area (Å²) in [6.45, 7) is 9.17. The van der Waals surface area contributed by atoms with Crippen molar-refractivity contribution in [2.75, 3.05) is 11.9 Å². The van der Waals surface area contributed by atoms with Gasteiger partial charge in [-0.25, -0.2) is 0 Å². The zero-order valence-electron chi connectivity index (χ0n) is 16.0. The van der Waals surface area contributed by atoms with Gasteiger partial charge in [-0.05, 0) is 83.8 Å². The van der Waals surface area contributed by atoms with Crippen LogP contribution in [-0.2, 0) is 4.74 Å². The van der Waals surface area contributed by atoms with Crippen LogP contribution >= 0.6 is 12.2 Å². The highest BCUT2D eigenvalue weighted by atomic mass is 32.1. The topological polar surface area (TPSA) is 21.3 Å². The molecule has 1 aromatic rings. The van der Waals surface area contributed by atoms with Gasteiger partial charge in [0, 0.05) is 5.69 Å². The summed E-state index contributed by atoms with van der Waals surface area (Å²) in [7, 11) is 0. The van der Waals surface area contributed by atoms with Crippen molar-refractivity contribution in [2.45, 2.75) is 53.4 Å². The average Bonchev–Trinajstić information content (AvgIpc) is 2.55. The van der Waals surface area contributed by atoms with Gasteiger partial charge in [-0.15, -0.1) is 0 Å². The van der Waals surface area contributed by atoms with E-state index in [1.165, 1.54) is 16.7 Å². The Bertz CT molecular complexity index is 610. The van der Waals surface area contributed by atoms with Crippen LogP contribution in [0.3, 0.4) is 0 Å². The van der Waals surface area contributed by atoms with Crippen molar-refractivity contribution >= 4 is 23.1 Å². The molecule has 0 saturated heterocycles. The molecule has 0 fully saturated rings. The lowest BCUT2D eigenvalue weighted by atomic mass is 10.1. The number of rotatable bonds is 9. The standard InChI is InChI=1S/C22H31NOS/c1-18(2)10-8-11-19(3)12-9-13-20(4)16-17-24-22(25)23-21-14-6-5-7-15-21/h5-7,10,12,14-16H,8-9,11,13,17H2,1-4H3,(H,23,25). The molecule has 0 atom stereocenters. The smallest absolute Gasteiger partial charge is 0.261 e. The maximum atomic E-state index is 5.54. The zero-order chi connectivity index (χ0) is 18.5. The Labute approximate surface area is 158 Å². The predicted molar refractivity (Wildman–Crippen MR) is 114 cm³/mol. The van der Waals surface area contributed by atoms with Crippen LogP contribution in [-0.4, -0.2) is 11.8 Å². The van der Waals surface area contributed by atoms with E-state index in [-0.39, 0.29) is 0 Å². The van der Waals surface area contributed by atoms with E-state index in [9.17, 15) is 0 Å². The lowest BCUT2D eigenvalue weighted by Crippen LogP contribution is -2.13. The van der Waals surface area contributed by atoms with Gasteiger partial charge in [-0.2, -0.15) is 0 Å². The molecule has 0 amide bonds. The molecule has 0 bridgehead atoms. The maximum Gasteiger partial charge on any atom is 0.261 e. The third-order valence-electron chi connectivity index (χ3n) is 3.79. The molecule has 0 saturated carbocycles. The molecule has 2 nitrogen and oxygen atoms in total. The molecule has 0 aliphatic carbocycles. The molecule has 0 radical (unpaired) electrons. The summed E-state index contributed by atoms with van der Waals surface area (Å²) in [6, 6.07) is 9.82. The molecule has 0 unspecified atom stereocenters. The number of allylic oxidation sites excluding steroid dienone is 5. The van der Waals surface area contributed by atoms with Crippen molar-refractivity contribution in [2.24, 2.45) is 0 Å². The van der Waals surface area contributed by atoms with Crippen LogP contribution in [0.4, 0.5) is 5.69 Å². The van der Waals surface area contributed by atoms with Crippen LogP contribution in [0, 0.1) is 0 Å². The minimum atomic E-state index is 0.408. The van der Waals surface area contributed by atoms with E-state index in [0.717, 1.165) is 31.4 Å². The second-order valence-electron chi connectivity index (χ2n) is 6.55. The molecule has 0 aromatic heterocycles. The Balaban J connectivity index is 2.22. The first-order valence-corrected chi connectivity index (χ1v) is 9.31. The largest absolute Gasteiger partial charge is 0.467 e. The molecule has 0 spiro atoms. The van der Waals surface area contributed by atoms with Crippen LogP contribution in [0.25, 0.3) is 0 Å². The molecule has 0 aliphatic heterocycles. The first-order chi connectivity index (χ1) is 12.0. The van der Waals surface area contributed by atoms with Crippen LogP contribution < -0.4 is 5.32 Å². The second kappa shape index (κ2) is 12.5. The van der Waals surface area contributed by atoms with Crippen molar-refractivity contribution in [1.29, 1.82) is 0 Å². The molecule has 1 aromatic carbocycles. The summed E-state index contributed by atoms with van der Waals surface area (Å²) in [5.41, 5.74) is 5.14. The number of hydrogen-bond acceptors (Lipinski definition) is 2. The van der Waals surface area contributed by atoms with Gasteiger partial charge in [0.15, 0.2) is 0 Å². The molecule has 136 valence electrons. The second-order valence-corrected chi connectivity index (χ2v) is 6.92. The number of ether oxygens (including phenoxy) is 1. The lowest BCUT2D eigenvalue weighted by Gasteiger charge is -2.08. The van der Waals surface area contributed by atoms with Gasteiger partial charge in [-0.3, -0.25) is 0 Å². The van der Waals surface area contributed by atoms with Gasteiger partial charge in [0.25, 0.3) is 5.17 Å². The minimum Gasteiger partial charge on any atom is -0.467 e. The van der Waals surface area contributed by atoms with Crippen molar-refractivity contribution in [3.63, 3.8) is 0 Å². The van der Waals surface area contributed by atoms with Gasteiger partial charge in [0.05, 0.1) is 0 Å². The van der Waals surface area contributed by atoms with Crippen molar-refractivity contribution in [3.8, 4) is 0 Å². The summed E-state index contributed by atoms with van der Waals surface area (Å²) in [5.74, 6) is 0. The highest BCUT2D eigenvalue weighted by Crippen LogP contribution is 2.11. The summed E-state index contributed by atoms with van der Waals surface area (Å²) in [5, 5.41) is 3.47. The number of para-hydroxylation sites is 1. The molecule has 3 heteroatoms. The number of thiocarbonyl (C=S) groups is 1. The van der Waals surface area contributed by atoms with E-state index < -0.39 is 0 Å². The molecule has 0 heterocycles. The van der Waals surface area contributed by atoms with E-state index in [2.05, 4.69) is 51.2 Å². The quantitative estimate of drug-likeness (QED) is 0.387. The van der Waals surface area contributed by atoms with Crippen LogP contribution in [0.2, 0.25) is 0 Å². The lowest BCUT2D eigenvalue weighted by molar-refractivity contribution is 0.358. The zero-order valence-corrected chi connectivity index (χ0v) is 16.8. The van der Waals surface area contributed by atoms with Crippen molar-refractivity contribution in [3.05, 3.63) is 65.3 Å². The normalized spacial score (nSPS) is 11.8. The monoisotopic (exact) mass is 357 g/mol. The van der Waals surface area contributed by atoms with E-state index in [1.807, 2.05) is 30.3 Å². The number of anilines is 1. The fraction of sp³-hybridized carbons (Fsp3) is 0.409. The molecule has 25 heavy (non-hydrogen) atoms. The third-order valence-corrected chi connectivity index (χ3v) is 4.01. The maximum absolute atomic E-state index is 5.54. The summed E-state index contributed by atoms with van der Waals surface area (Å²) >= 11 is 5.19. The third kappa shape index (κ3) is 11.3. The SMILES string of the molecule is CC(C)=CCCC(C)=CCCC(C)=CCOC(=S)Nc1ccccc1. The van der Waals surface area contributed by atoms with E-state index in [4.69, 9.17) is 17.0 Å². The first-order valence-electron chi connectivity index (χ1n) is 8.91. The molecule has 1 rings (SSSR count). The van der Waals surface area contributed by atoms with E-state index in [1.54, 1.807) is 0 Å². The average molecular weight is 358 g/mol. The number of nitrogens with one attached hydrogen (secondary N) is 1. The van der Waals surface area contributed by atoms with Gasteiger partial charge in [0.2, 0.25) is 0 Å². The van der Waals surface area contributed by atoms with Gasteiger partial charge in [-0.1, -0.05) is 47.1 Å². The fourth-order valence-corrected chi connectivity index (χ4v) is 2.46. The molecular formula is C22H31NOS. The Morgan fingerprint density at radius 3 is 2.16 bits per heavy atom. The summed E-state index contributed by atoms with van der Waals surface area (Å²) in [4.78, 5) is 0. The highest BCUT2D eigenvalue weighted by molar-refractivity contribution is 7.80. The Kier molecular flexibility index (Phi) is 10.6. The molecule has 0 aliphatic rings. The summed E-state index contributed by atoms with van der Waals surface area (Å²) in [6.07, 6.45) is 11.2. The van der Waals surface area contributed by atoms with Crippen LogP contribution in [0.5, 0.6) is 0 Å². The number of hydrogen-bond donors (Lipinski definition) is 1. The van der Waals surface area contributed by atoms with Crippen molar-refractivity contribution < 1.29 is 4.74 Å². The fourth-order valence-electron chi connectivity index (χ4n) is 2.27. The Hall–Kier alpha value is -1.87. The first kappa shape index (κ1) is 21.2. The number of benzene rings is 1. The predicted octanol–water partition coefficient (Wildman–Crippen LogP) is 6.82. The van der Waals surface area contributed by atoms with E-state index in [0.29, 0.717) is 11.8 Å². The van der Waals surface area contributed by atoms with Gasteiger partial charge >= 0.3 is 0 Å². The Morgan fingerprint density at radius 2 is 1.52 bits per heavy atom. The Morgan fingerprint density at radius 1 is 0.920 bits per heavy atom. The minimum absolute atomic E-state index is 0.408. The van der Waals surface area contributed by atoms with Crippen LogP contribution in [0.15, 0.2) is 65.3 Å². The van der Waals surface area contributed by atoms with E-state index >= 15 is 0 Å². The van der Waals surface area contributed by atoms with Gasteiger partial charge < -0.3 is 10.1 Å².